The standard InChI is InChI=1S/C17H23NO6/c1-16(2,3)24-17(14(20)21,15(22)23)10-11-7-6-8-12(9-11)13(19)18(4)5/h6-9H,10H2,1-5H3,(H,20,21)(H,22,23). The van der Waals surface area contributed by atoms with Crippen molar-refractivity contribution >= 4 is 17.8 Å². The van der Waals surface area contributed by atoms with Crippen molar-refractivity contribution in [3.8, 4) is 0 Å². The molecule has 0 saturated heterocycles. The van der Waals surface area contributed by atoms with Gasteiger partial charge < -0.3 is 19.8 Å². The molecule has 1 aromatic rings. The van der Waals surface area contributed by atoms with Crippen LogP contribution in [0.5, 0.6) is 0 Å². The van der Waals surface area contributed by atoms with E-state index in [1.165, 1.54) is 11.0 Å². The monoisotopic (exact) mass is 337 g/mol. The molecule has 7 nitrogen and oxygen atoms in total. The molecular formula is C17H23NO6. The summed E-state index contributed by atoms with van der Waals surface area (Å²) >= 11 is 0. The molecule has 0 aliphatic rings. The van der Waals surface area contributed by atoms with E-state index in [4.69, 9.17) is 4.74 Å². The molecule has 0 spiro atoms. The van der Waals surface area contributed by atoms with Gasteiger partial charge in [-0.15, -0.1) is 0 Å². The summed E-state index contributed by atoms with van der Waals surface area (Å²) in [5, 5.41) is 19.0. The van der Waals surface area contributed by atoms with Gasteiger partial charge in [0.25, 0.3) is 11.5 Å². The Morgan fingerprint density at radius 1 is 1.08 bits per heavy atom. The normalized spacial score (nSPS) is 11.9. The Labute approximate surface area is 140 Å². The topological polar surface area (TPSA) is 104 Å². The predicted molar refractivity (Wildman–Crippen MR) is 87.0 cm³/mol. The van der Waals surface area contributed by atoms with Crippen LogP contribution < -0.4 is 0 Å². The number of hydrogen-bond acceptors (Lipinski definition) is 4. The van der Waals surface area contributed by atoms with Gasteiger partial charge in [-0.25, -0.2) is 9.59 Å². The molecule has 2 N–H and O–H groups in total. The molecule has 1 amide bonds. The Balaban J connectivity index is 3.29. The molecule has 0 aromatic heterocycles. The van der Waals surface area contributed by atoms with Crippen LogP contribution in [0.15, 0.2) is 24.3 Å². The number of amides is 1. The number of benzene rings is 1. The number of carbonyl (C=O) groups excluding carboxylic acids is 1. The van der Waals surface area contributed by atoms with Gasteiger partial charge in [0, 0.05) is 26.1 Å². The number of carbonyl (C=O) groups is 3. The summed E-state index contributed by atoms with van der Waals surface area (Å²) in [6, 6.07) is 6.21. The molecule has 0 heterocycles. The Kier molecular flexibility index (Phi) is 5.73. The van der Waals surface area contributed by atoms with Gasteiger partial charge in [-0.3, -0.25) is 4.79 Å². The lowest BCUT2D eigenvalue weighted by Gasteiger charge is -2.33. The molecule has 7 heteroatoms. The van der Waals surface area contributed by atoms with Crippen LogP contribution in [0.2, 0.25) is 0 Å². The van der Waals surface area contributed by atoms with E-state index in [0.29, 0.717) is 11.1 Å². The van der Waals surface area contributed by atoms with Gasteiger partial charge in [0.15, 0.2) is 0 Å². The number of aliphatic carboxylic acids is 2. The number of hydrogen-bond donors (Lipinski definition) is 2. The van der Waals surface area contributed by atoms with Crippen molar-refractivity contribution in [2.45, 2.75) is 38.4 Å². The van der Waals surface area contributed by atoms with E-state index in [2.05, 4.69) is 0 Å². The number of ether oxygens (including phenoxy) is 1. The summed E-state index contributed by atoms with van der Waals surface area (Å²) in [6.07, 6.45) is -0.399. The molecule has 0 bridgehead atoms. The summed E-state index contributed by atoms with van der Waals surface area (Å²) in [4.78, 5) is 36.8. The van der Waals surface area contributed by atoms with E-state index in [1.807, 2.05) is 0 Å². The molecule has 0 aliphatic heterocycles. The van der Waals surface area contributed by atoms with E-state index in [0.717, 1.165) is 0 Å². The third kappa shape index (κ3) is 4.55. The molecule has 0 fully saturated rings. The molecule has 0 saturated carbocycles. The van der Waals surface area contributed by atoms with E-state index in [9.17, 15) is 24.6 Å². The van der Waals surface area contributed by atoms with E-state index in [-0.39, 0.29) is 5.91 Å². The third-order valence-electron chi connectivity index (χ3n) is 3.20. The lowest BCUT2D eigenvalue weighted by Crippen LogP contribution is -2.54. The van der Waals surface area contributed by atoms with Crippen LogP contribution in [0, 0.1) is 0 Å². The maximum atomic E-state index is 12.0. The zero-order chi connectivity index (χ0) is 18.7. The number of carboxylic acid groups (broad SMARTS) is 2. The van der Waals surface area contributed by atoms with Crippen LogP contribution in [0.1, 0.15) is 36.7 Å². The average Bonchev–Trinajstić information content (AvgIpc) is 2.43. The quantitative estimate of drug-likeness (QED) is 0.765. The SMILES string of the molecule is CN(C)C(=O)c1cccc(CC(OC(C)(C)C)(C(=O)O)C(=O)O)c1. The highest BCUT2D eigenvalue weighted by molar-refractivity contribution is 6.02. The fourth-order valence-corrected chi connectivity index (χ4v) is 2.25. The van der Waals surface area contributed by atoms with E-state index in [1.54, 1.807) is 53.1 Å². The van der Waals surface area contributed by atoms with Gasteiger partial charge in [-0.05, 0) is 38.5 Å². The molecule has 132 valence electrons. The molecule has 0 radical (unpaired) electrons. The minimum absolute atomic E-state index is 0.259. The lowest BCUT2D eigenvalue weighted by molar-refractivity contribution is -0.199. The summed E-state index contributed by atoms with van der Waals surface area (Å²) in [5.41, 5.74) is -2.68. The second-order valence-electron chi connectivity index (χ2n) is 6.73. The van der Waals surface area contributed by atoms with E-state index < -0.39 is 29.6 Å². The summed E-state index contributed by atoms with van der Waals surface area (Å²) in [7, 11) is 3.19. The van der Waals surface area contributed by atoms with Gasteiger partial charge in [0.1, 0.15) is 0 Å². The van der Waals surface area contributed by atoms with Crippen LogP contribution in [-0.4, -0.2) is 58.3 Å². The summed E-state index contributed by atoms with van der Waals surface area (Å²) < 4.78 is 5.41. The predicted octanol–water partition coefficient (Wildman–Crippen LogP) is 1.65. The first-order valence-corrected chi connectivity index (χ1v) is 7.36. The van der Waals surface area contributed by atoms with Crippen molar-refractivity contribution in [3.05, 3.63) is 35.4 Å². The van der Waals surface area contributed by atoms with Crippen molar-refractivity contribution in [3.63, 3.8) is 0 Å². The summed E-state index contributed by atoms with van der Waals surface area (Å²) in [5.74, 6) is -3.44. The number of carboxylic acids is 2. The smallest absolute Gasteiger partial charge is 0.348 e. The van der Waals surface area contributed by atoms with Crippen LogP contribution in [-0.2, 0) is 20.7 Å². The average molecular weight is 337 g/mol. The molecule has 0 aliphatic carbocycles. The van der Waals surface area contributed by atoms with Crippen molar-refractivity contribution in [1.82, 2.24) is 4.90 Å². The van der Waals surface area contributed by atoms with Crippen LogP contribution >= 0.6 is 0 Å². The molecular weight excluding hydrogens is 314 g/mol. The van der Waals surface area contributed by atoms with Crippen LogP contribution in [0.4, 0.5) is 0 Å². The van der Waals surface area contributed by atoms with Gasteiger partial charge in [-0.2, -0.15) is 0 Å². The maximum absolute atomic E-state index is 12.0. The molecule has 1 rings (SSSR count). The van der Waals surface area contributed by atoms with Crippen molar-refractivity contribution in [1.29, 1.82) is 0 Å². The van der Waals surface area contributed by atoms with Crippen LogP contribution in [0.25, 0.3) is 0 Å². The third-order valence-corrected chi connectivity index (χ3v) is 3.20. The first-order valence-electron chi connectivity index (χ1n) is 7.36. The Morgan fingerprint density at radius 3 is 2.04 bits per heavy atom. The van der Waals surface area contributed by atoms with Gasteiger partial charge in [0.05, 0.1) is 5.60 Å². The zero-order valence-corrected chi connectivity index (χ0v) is 14.5. The lowest BCUT2D eigenvalue weighted by atomic mass is 9.92. The van der Waals surface area contributed by atoms with Gasteiger partial charge in [-0.1, -0.05) is 12.1 Å². The largest absolute Gasteiger partial charge is 0.479 e. The summed E-state index contributed by atoms with van der Waals surface area (Å²) in [6.45, 7) is 4.75. The molecule has 1 aromatic carbocycles. The fraction of sp³-hybridized carbons (Fsp3) is 0.471. The fourth-order valence-electron chi connectivity index (χ4n) is 2.25. The van der Waals surface area contributed by atoms with Crippen LogP contribution in [0.3, 0.4) is 0 Å². The first-order chi connectivity index (χ1) is 10.9. The minimum atomic E-state index is -2.43. The minimum Gasteiger partial charge on any atom is -0.479 e. The van der Waals surface area contributed by atoms with E-state index >= 15 is 0 Å². The highest BCUT2D eigenvalue weighted by Crippen LogP contribution is 2.26. The second-order valence-corrected chi connectivity index (χ2v) is 6.73. The van der Waals surface area contributed by atoms with Crippen molar-refractivity contribution in [2.75, 3.05) is 14.1 Å². The number of nitrogens with zero attached hydrogens (tertiary/aromatic N) is 1. The van der Waals surface area contributed by atoms with Crippen molar-refractivity contribution in [2.24, 2.45) is 0 Å². The van der Waals surface area contributed by atoms with Gasteiger partial charge >= 0.3 is 11.9 Å². The first kappa shape index (κ1) is 19.6. The number of rotatable bonds is 6. The molecule has 0 unspecified atom stereocenters. The maximum Gasteiger partial charge on any atom is 0.348 e. The van der Waals surface area contributed by atoms with Crippen molar-refractivity contribution < 1.29 is 29.3 Å². The second kappa shape index (κ2) is 7.00. The Hall–Kier alpha value is -2.41. The molecule has 0 atom stereocenters. The van der Waals surface area contributed by atoms with Gasteiger partial charge in [0.2, 0.25) is 0 Å². The molecule has 24 heavy (non-hydrogen) atoms. The zero-order valence-electron chi connectivity index (χ0n) is 14.5. The highest BCUT2D eigenvalue weighted by atomic mass is 16.6. The highest BCUT2D eigenvalue weighted by Gasteiger charge is 2.50. The Morgan fingerprint density at radius 2 is 1.62 bits per heavy atom. The Bertz CT molecular complexity index is 631.